The zero-order valence-corrected chi connectivity index (χ0v) is 46.0. The van der Waals surface area contributed by atoms with E-state index in [1.165, 1.54) is 32.7 Å². The van der Waals surface area contributed by atoms with Gasteiger partial charge in [-0.25, -0.2) is 8.78 Å². The maximum atomic E-state index is 18.1. The minimum Gasteiger partial charge on any atom is -0.311 e. The summed E-state index contributed by atoms with van der Waals surface area (Å²) < 4.78 is 37.2. The van der Waals surface area contributed by atoms with Crippen LogP contribution in [-0.2, 0) is 0 Å². The zero-order valence-electron chi connectivity index (χ0n) is 45.2. The molecule has 394 valence electrons. The fraction of sp³-hybridized carbons (Fsp3) is 0.0649. The van der Waals surface area contributed by atoms with Gasteiger partial charge in [0.2, 0.25) is 0 Å². The Balaban J connectivity index is 0.937. The van der Waals surface area contributed by atoms with Gasteiger partial charge in [-0.15, -0.1) is 11.3 Å². The molecule has 10 aromatic carbocycles. The Labute approximate surface area is 481 Å². The van der Waals surface area contributed by atoms with Crippen LogP contribution in [0.3, 0.4) is 0 Å². The molecule has 14 rings (SSSR count). The molecule has 0 radical (unpaired) electrons. The van der Waals surface area contributed by atoms with Crippen molar-refractivity contribution in [1.82, 2.24) is 0 Å². The van der Waals surface area contributed by atoms with Gasteiger partial charge in [0.15, 0.2) is 11.6 Å². The molecule has 2 nitrogen and oxygen atoms in total. The van der Waals surface area contributed by atoms with Crippen molar-refractivity contribution < 1.29 is 8.78 Å². The summed E-state index contributed by atoms with van der Waals surface area (Å²) in [4.78, 5) is 5.51. The average molecular weight is 1080 g/mol. The van der Waals surface area contributed by atoms with Crippen LogP contribution in [0.4, 0.5) is 37.2 Å². The molecule has 0 unspecified atom stereocenters. The smallest absolute Gasteiger partial charge is 0.155 e. The first-order chi connectivity index (χ1) is 40.4. The van der Waals surface area contributed by atoms with Crippen molar-refractivity contribution >= 4 is 88.1 Å². The molecule has 1 heterocycles. The van der Waals surface area contributed by atoms with Gasteiger partial charge in [0.05, 0.1) is 11.4 Å². The SMILES string of the molecule is C=C/C=C\C=C1/CC2=C(CCC(N(c3ccc4ccccc4c3)c3cc(-c4ccccc4)cc(-c4ccccc4)c3F)=C2)c2sc3cc(N(c4ccccc4)c4cc(C5=CC=CCC5)cc(-c5ccc6ccccc6c5)c4F)ccc3c21. The summed E-state index contributed by atoms with van der Waals surface area (Å²) in [5, 5.41) is 5.55. The van der Waals surface area contributed by atoms with Gasteiger partial charge in [0, 0.05) is 54.4 Å². The number of para-hydroxylation sites is 1. The van der Waals surface area contributed by atoms with Gasteiger partial charge in [-0.3, -0.25) is 0 Å². The van der Waals surface area contributed by atoms with Crippen LogP contribution in [0.1, 0.15) is 48.1 Å². The van der Waals surface area contributed by atoms with Crippen LogP contribution in [0.25, 0.3) is 81.7 Å². The monoisotopic (exact) mass is 1080 g/mol. The first-order valence-corrected chi connectivity index (χ1v) is 29.0. The summed E-state index contributed by atoms with van der Waals surface area (Å²) in [7, 11) is 0. The van der Waals surface area contributed by atoms with E-state index in [-0.39, 0.29) is 11.6 Å². The minimum atomic E-state index is -0.278. The predicted octanol–water partition coefficient (Wildman–Crippen LogP) is 22.5. The average Bonchev–Trinajstić information content (AvgIpc) is 3.80. The second-order valence-corrected chi connectivity index (χ2v) is 22.4. The molecule has 11 aromatic rings. The number of nitrogens with zero attached hydrogens (tertiary/aromatic N) is 2. The highest BCUT2D eigenvalue weighted by Crippen LogP contribution is 2.54. The Morgan fingerprint density at radius 1 is 0.488 bits per heavy atom. The third-order valence-electron chi connectivity index (χ3n) is 16.3. The second kappa shape index (κ2) is 21.8. The van der Waals surface area contributed by atoms with E-state index in [4.69, 9.17) is 0 Å². The predicted molar refractivity (Wildman–Crippen MR) is 345 cm³/mol. The van der Waals surface area contributed by atoms with Crippen molar-refractivity contribution in [3.8, 4) is 33.4 Å². The van der Waals surface area contributed by atoms with Crippen molar-refractivity contribution in [2.24, 2.45) is 0 Å². The quantitative estimate of drug-likeness (QED) is 0.113. The molecule has 0 aliphatic heterocycles. The molecule has 0 saturated carbocycles. The Morgan fingerprint density at radius 3 is 1.84 bits per heavy atom. The Bertz CT molecular complexity index is 4520. The van der Waals surface area contributed by atoms with E-state index < -0.39 is 0 Å². The summed E-state index contributed by atoms with van der Waals surface area (Å²) in [6.45, 7) is 4.00. The summed E-state index contributed by atoms with van der Waals surface area (Å²) in [5.41, 5.74) is 16.5. The molecule has 5 heteroatoms. The van der Waals surface area contributed by atoms with Crippen LogP contribution in [0.2, 0.25) is 0 Å². The molecule has 3 aliphatic carbocycles. The van der Waals surface area contributed by atoms with Gasteiger partial charge in [-0.05, 0) is 177 Å². The maximum Gasteiger partial charge on any atom is 0.155 e. The molecule has 0 fully saturated rings. The number of benzene rings is 10. The highest BCUT2D eigenvalue weighted by Gasteiger charge is 2.32. The molecule has 82 heavy (non-hydrogen) atoms. The molecular weight excluding hydrogens is 1020 g/mol. The fourth-order valence-electron chi connectivity index (χ4n) is 12.4. The lowest BCUT2D eigenvalue weighted by Crippen LogP contribution is -2.21. The lowest BCUT2D eigenvalue weighted by molar-refractivity contribution is 0.630. The highest BCUT2D eigenvalue weighted by atomic mass is 32.1. The fourth-order valence-corrected chi connectivity index (χ4v) is 13.7. The van der Waals surface area contributed by atoms with Crippen molar-refractivity contribution in [1.29, 1.82) is 0 Å². The van der Waals surface area contributed by atoms with Crippen LogP contribution in [0.5, 0.6) is 0 Å². The van der Waals surface area contributed by atoms with Gasteiger partial charge < -0.3 is 9.80 Å². The van der Waals surface area contributed by atoms with Crippen LogP contribution in [-0.4, -0.2) is 0 Å². The van der Waals surface area contributed by atoms with Gasteiger partial charge >= 0.3 is 0 Å². The number of fused-ring (bicyclic) bond motifs is 6. The van der Waals surface area contributed by atoms with E-state index in [1.807, 2.05) is 121 Å². The summed E-state index contributed by atoms with van der Waals surface area (Å²) in [5.74, 6) is -0.551. The number of hydrogen-bond donors (Lipinski definition) is 0. The van der Waals surface area contributed by atoms with E-state index >= 15 is 8.78 Å². The third kappa shape index (κ3) is 9.43. The van der Waals surface area contributed by atoms with Crippen LogP contribution in [0.15, 0.2) is 285 Å². The molecule has 0 amide bonds. The van der Waals surface area contributed by atoms with E-state index in [9.17, 15) is 0 Å². The lowest BCUT2D eigenvalue weighted by atomic mass is 9.80. The number of halogens is 2. The van der Waals surface area contributed by atoms with Crippen molar-refractivity contribution in [2.75, 3.05) is 9.80 Å². The lowest BCUT2D eigenvalue weighted by Gasteiger charge is -2.34. The molecule has 0 bridgehead atoms. The van der Waals surface area contributed by atoms with Crippen molar-refractivity contribution in [3.05, 3.63) is 312 Å². The van der Waals surface area contributed by atoms with Crippen LogP contribution < -0.4 is 9.80 Å². The van der Waals surface area contributed by atoms with Gasteiger partial charge in [0.1, 0.15) is 0 Å². The minimum absolute atomic E-state index is 0.273. The van der Waals surface area contributed by atoms with Crippen molar-refractivity contribution in [3.63, 3.8) is 0 Å². The molecule has 0 atom stereocenters. The number of thiophene rings is 1. The standard InChI is InChI=1S/C77H56F2N2S/c1-2-3-8-31-59-43-62-45-65(81(64-37-36-54-26-18-20-30-57(54)44-64)72-49-60(51-21-9-4-10-22-51)46-69(75(72)78)55-27-13-6-14-28-55)38-40-67(62)77-74(59)68-41-39-66(50-73(68)82-77)80(63-32-15-7-16-33-63)71-48-61(52-23-11-5-12-24-52)47-70(76(71)79)58-35-34-53-25-17-19-29-56(53)42-58/h2-11,13-23,25-37,39,41-42,44-50H,1,12,24,38,40,43H2/b8-3-,59-31+. The normalized spacial score (nSPS) is 14.5. The second-order valence-electron chi connectivity index (χ2n) is 21.3. The number of allylic oxidation sites excluding steroid dienone is 13. The third-order valence-corrected chi connectivity index (χ3v) is 17.5. The van der Waals surface area contributed by atoms with Crippen LogP contribution >= 0.6 is 11.3 Å². The molecular formula is C77H56F2N2S. The summed E-state index contributed by atoms with van der Waals surface area (Å²) >= 11 is 1.80. The molecule has 3 aliphatic rings. The number of anilines is 5. The highest BCUT2D eigenvalue weighted by molar-refractivity contribution is 7.20. The first kappa shape index (κ1) is 50.5. The van der Waals surface area contributed by atoms with Crippen molar-refractivity contribution in [2.45, 2.75) is 32.1 Å². The Hall–Kier alpha value is -9.68. The topological polar surface area (TPSA) is 6.48 Å². The van der Waals surface area contributed by atoms with E-state index in [1.54, 1.807) is 11.3 Å². The molecule has 1 aromatic heterocycles. The zero-order chi connectivity index (χ0) is 55.1. The summed E-state index contributed by atoms with van der Waals surface area (Å²) in [6, 6.07) is 74.5. The largest absolute Gasteiger partial charge is 0.311 e. The van der Waals surface area contributed by atoms with E-state index in [2.05, 4.69) is 162 Å². The maximum absolute atomic E-state index is 18.1. The summed E-state index contributed by atoms with van der Waals surface area (Å²) in [6.07, 6.45) is 20.8. The Kier molecular flexibility index (Phi) is 13.4. The van der Waals surface area contributed by atoms with Gasteiger partial charge in [-0.2, -0.15) is 0 Å². The van der Waals surface area contributed by atoms with E-state index in [0.717, 1.165) is 101 Å². The number of hydrogen-bond acceptors (Lipinski definition) is 3. The number of rotatable bonds is 12. The molecule has 0 spiro atoms. The van der Waals surface area contributed by atoms with Crippen LogP contribution in [0, 0.1) is 11.6 Å². The molecule has 0 saturated heterocycles. The van der Waals surface area contributed by atoms with Gasteiger partial charge in [0.25, 0.3) is 0 Å². The Morgan fingerprint density at radius 2 is 1.11 bits per heavy atom. The molecule has 0 N–H and O–H groups in total. The van der Waals surface area contributed by atoms with Gasteiger partial charge in [-0.1, -0.05) is 201 Å². The van der Waals surface area contributed by atoms with E-state index in [0.29, 0.717) is 35.3 Å². The first-order valence-electron chi connectivity index (χ1n) is 28.2.